The number of amides is 1. The normalized spacial score (nSPS) is 11.4. The van der Waals surface area contributed by atoms with Crippen LogP contribution in [0.1, 0.15) is 13.8 Å². The minimum Gasteiger partial charge on any atom is -0.306 e. The van der Waals surface area contributed by atoms with Gasteiger partial charge in [-0.15, -0.1) is 0 Å². The number of rotatable bonds is 2. The third-order valence-corrected chi connectivity index (χ3v) is 1.52. The van der Waals surface area contributed by atoms with E-state index < -0.39 is 11.6 Å². The molecule has 0 bridgehead atoms. The molecule has 0 aliphatic carbocycles. The van der Waals surface area contributed by atoms with Gasteiger partial charge in [0.05, 0.1) is 0 Å². The van der Waals surface area contributed by atoms with Crippen molar-refractivity contribution in [1.29, 1.82) is 0 Å². The zero-order chi connectivity index (χ0) is 10.1. The summed E-state index contributed by atoms with van der Waals surface area (Å²) in [4.78, 5) is 11.1. The van der Waals surface area contributed by atoms with Gasteiger partial charge in [-0.1, -0.05) is 11.6 Å². The Bertz CT molecular complexity index is 318. The Balaban J connectivity index is 2.65. The number of alkyl halides is 1. The number of halogens is 2. The highest BCUT2D eigenvalue weighted by Gasteiger charge is 2.26. The first-order chi connectivity index (χ1) is 5.89. The maximum absolute atomic E-state index is 13.0. The van der Waals surface area contributed by atoms with E-state index in [2.05, 4.69) is 15.5 Å². The molecule has 0 radical (unpaired) electrons. The van der Waals surface area contributed by atoms with E-state index in [0.717, 1.165) is 13.8 Å². The summed E-state index contributed by atoms with van der Waals surface area (Å²) in [5.41, 5.74) is -1.93. The minimum absolute atomic E-state index is 0.209. The van der Waals surface area contributed by atoms with Gasteiger partial charge in [-0.3, -0.25) is 9.89 Å². The Morgan fingerprint density at radius 3 is 2.77 bits per heavy atom. The topological polar surface area (TPSA) is 57.8 Å². The molecule has 0 fully saturated rings. The fourth-order valence-corrected chi connectivity index (χ4v) is 0.773. The number of carbonyl (C=O) groups is 1. The van der Waals surface area contributed by atoms with Gasteiger partial charge < -0.3 is 5.32 Å². The largest absolute Gasteiger partial charge is 0.306 e. The summed E-state index contributed by atoms with van der Waals surface area (Å²) in [6.07, 6.45) is 0. The summed E-state index contributed by atoms with van der Waals surface area (Å²) in [5, 5.41) is 8.56. The highest BCUT2D eigenvalue weighted by molar-refractivity contribution is 6.29. The number of anilines is 1. The second-order valence-electron chi connectivity index (χ2n) is 3.03. The first-order valence-electron chi connectivity index (χ1n) is 3.61. The Morgan fingerprint density at radius 2 is 2.38 bits per heavy atom. The molecule has 4 nitrogen and oxygen atoms in total. The Labute approximate surface area is 79.5 Å². The predicted molar refractivity (Wildman–Crippen MR) is 47.4 cm³/mol. The van der Waals surface area contributed by atoms with Crippen LogP contribution >= 0.6 is 11.6 Å². The van der Waals surface area contributed by atoms with Crippen molar-refractivity contribution < 1.29 is 9.18 Å². The average Bonchev–Trinajstić information content (AvgIpc) is 2.33. The van der Waals surface area contributed by atoms with Gasteiger partial charge in [0.1, 0.15) is 5.15 Å². The molecular formula is C7H9ClFN3O. The second-order valence-corrected chi connectivity index (χ2v) is 3.43. The number of nitrogens with one attached hydrogen (secondary N) is 2. The molecule has 0 aliphatic rings. The van der Waals surface area contributed by atoms with E-state index in [-0.39, 0.29) is 11.0 Å². The van der Waals surface area contributed by atoms with Gasteiger partial charge in [0.2, 0.25) is 0 Å². The summed E-state index contributed by atoms with van der Waals surface area (Å²) in [6.45, 7) is 2.33. The molecule has 1 aromatic rings. The zero-order valence-electron chi connectivity index (χ0n) is 7.19. The van der Waals surface area contributed by atoms with E-state index in [4.69, 9.17) is 11.6 Å². The van der Waals surface area contributed by atoms with Crippen molar-refractivity contribution in [2.75, 3.05) is 5.32 Å². The molecule has 0 unspecified atom stereocenters. The molecule has 0 spiro atoms. The molecule has 1 amide bonds. The molecule has 0 aliphatic heterocycles. The first kappa shape index (κ1) is 9.98. The van der Waals surface area contributed by atoms with Gasteiger partial charge >= 0.3 is 0 Å². The molecular weight excluding hydrogens is 197 g/mol. The number of aromatic nitrogens is 2. The van der Waals surface area contributed by atoms with Gasteiger partial charge in [-0.25, -0.2) is 4.39 Å². The molecule has 13 heavy (non-hydrogen) atoms. The van der Waals surface area contributed by atoms with Crippen LogP contribution in [0.5, 0.6) is 0 Å². The van der Waals surface area contributed by atoms with Gasteiger partial charge in [0, 0.05) is 6.07 Å². The van der Waals surface area contributed by atoms with Gasteiger partial charge in [0.25, 0.3) is 5.91 Å². The molecule has 72 valence electrons. The van der Waals surface area contributed by atoms with E-state index in [9.17, 15) is 9.18 Å². The van der Waals surface area contributed by atoms with E-state index >= 15 is 0 Å². The number of aromatic amines is 1. The molecule has 2 N–H and O–H groups in total. The standard InChI is InChI=1S/C7H9ClFN3O/c1-7(2,9)6(13)10-5-3-4(8)11-12-5/h3H,1-2H3,(H2,10,11,12,13). The van der Waals surface area contributed by atoms with Crippen LogP contribution in [0, 0.1) is 0 Å². The summed E-state index contributed by atoms with van der Waals surface area (Å²) in [7, 11) is 0. The van der Waals surface area contributed by atoms with Crippen molar-refractivity contribution in [2.45, 2.75) is 19.5 Å². The Kier molecular flexibility index (Phi) is 2.56. The fourth-order valence-electron chi connectivity index (χ4n) is 0.627. The van der Waals surface area contributed by atoms with Gasteiger partial charge in [0.15, 0.2) is 11.5 Å². The maximum atomic E-state index is 13.0. The van der Waals surface area contributed by atoms with Crippen molar-refractivity contribution >= 4 is 23.3 Å². The van der Waals surface area contributed by atoms with E-state index in [1.807, 2.05) is 0 Å². The van der Waals surface area contributed by atoms with Crippen LogP contribution in [0.4, 0.5) is 10.2 Å². The number of hydrogen-bond acceptors (Lipinski definition) is 2. The lowest BCUT2D eigenvalue weighted by Gasteiger charge is -2.11. The number of carbonyl (C=O) groups excluding carboxylic acids is 1. The molecule has 1 aromatic heterocycles. The van der Waals surface area contributed by atoms with Gasteiger partial charge in [-0.2, -0.15) is 5.10 Å². The fraction of sp³-hybridized carbons (Fsp3) is 0.429. The first-order valence-corrected chi connectivity index (χ1v) is 3.98. The van der Waals surface area contributed by atoms with Crippen LogP contribution in [0.25, 0.3) is 0 Å². The van der Waals surface area contributed by atoms with Crippen LogP contribution in [0.15, 0.2) is 6.07 Å². The van der Waals surface area contributed by atoms with Crippen molar-refractivity contribution in [3.05, 3.63) is 11.2 Å². The van der Waals surface area contributed by atoms with Gasteiger partial charge in [-0.05, 0) is 13.8 Å². The highest BCUT2D eigenvalue weighted by Crippen LogP contribution is 2.14. The predicted octanol–water partition coefficient (Wildman–Crippen LogP) is 1.75. The molecule has 0 aromatic carbocycles. The molecule has 1 rings (SSSR count). The van der Waals surface area contributed by atoms with E-state index in [1.165, 1.54) is 6.07 Å². The molecule has 0 atom stereocenters. The van der Waals surface area contributed by atoms with Crippen molar-refractivity contribution in [3.8, 4) is 0 Å². The lowest BCUT2D eigenvalue weighted by Crippen LogP contribution is -2.32. The molecule has 6 heteroatoms. The third-order valence-electron chi connectivity index (χ3n) is 1.33. The maximum Gasteiger partial charge on any atom is 0.262 e. The summed E-state index contributed by atoms with van der Waals surface area (Å²) in [6, 6.07) is 1.39. The Morgan fingerprint density at radius 1 is 1.77 bits per heavy atom. The number of hydrogen-bond donors (Lipinski definition) is 2. The average molecular weight is 206 g/mol. The lowest BCUT2D eigenvalue weighted by molar-refractivity contribution is -0.125. The monoisotopic (exact) mass is 205 g/mol. The SMILES string of the molecule is CC(C)(F)C(=O)Nc1cc(Cl)[nH]n1. The minimum atomic E-state index is -1.93. The van der Waals surface area contributed by atoms with E-state index in [1.54, 1.807) is 0 Å². The van der Waals surface area contributed by atoms with Crippen LogP contribution in [-0.2, 0) is 4.79 Å². The quantitative estimate of drug-likeness (QED) is 0.773. The summed E-state index contributed by atoms with van der Waals surface area (Å²) < 4.78 is 13.0. The van der Waals surface area contributed by atoms with Crippen LogP contribution in [0.3, 0.4) is 0 Å². The molecule has 0 saturated heterocycles. The van der Waals surface area contributed by atoms with Crippen molar-refractivity contribution in [3.63, 3.8) is 0 Å². The van der Waals surface area contributed by atoms with E-state index in [0.29, 0.717) is 0 Å². The third kappa shape index (κ3) is 2.69. The summed E-state index contributed by atoms with van der Waals surface area (Å²) >= 11 is 5.50. The number of H-pyrrole nitrogens is 1. The van der Waals surface area contributed by atoms with Crippen molar-refractivity contribution in [2.24, 2.45) is 0 Å². The van der Waals surface area contributed by atoms with Crippen LogP contribution in [-0.4, -0.2) is 21.8 Å². The van der Waals surface area contributed by atoms with Crippen LogP contribution < -0.4 is 5.32 Å². The van der Waals surface area contributed by atoms with Crippen molar-refractivity contribution in [1.82, 2.24) is 10.2 Å². The zero-order valence-corrected chi connectivity index (χ0v) is 7.94. The van der Waals surface area contributed by atoms with Crippen LogP contribution in [0.2, 0.25) is 5.15 Å². The lowest BCUT2D eigenvalue weighted by atomic mass is 10.1. The second kappa shape index (κ2) is 3.33. The highest BCUT2D eigenvalue weighted by atomic mass is 35.5. The molecule has 0 saturated carbocycles. The Hall–Kier alpha value is -1.10. The smallest absolute Gasteiger partial charge is 0.262 e. The molecule has 1 heterocycles. The summed E-state index contributed by atoms with van der Waals surface area (Å²) in [5.74, 6) is -0.545. The number of nitrogens with zero attached hydrogens (tertiary/aromatic N) is 1.